The molecule has 71 heavy (non-hydrogen) atoms. The first-order chi connectivity index (χ1) is 34.5. The molecule has 0 saturated heterocycles. The van der Waals surface area contributed by atoms with Gasteiger partial charge in [0.05, 0.1) is 9.79 Å². The van der Waals surface area contributed by atoms with Crippen LogP contribution in [0.5, 0.6) is 34.5 Å². The molecular weight excluding hydrogens is 935 g/mol. The van der Waals surface area contributed by atoms with Crippen molar-refractivity contribution in [2.45, 2.75) is 75.0 Å². The summed E-state index contributed by atoms with van der Waals surface area (Å²) in [4.78, 5) is 1.76. The highest BCUT2D eigenvalue weighted by atomic mass is 32.2. The summed E-state index contributed by atoms with van der Waals surface area (Å²) < 4.78 is 41.0. The minimum atomic E-state index is -2.05. The van der Waals surface area contributed by atoms with E-state index in [0.29, 0.717) is 34.5 Å². The Balaban J connectivity index is 1.05. The smallest absolute Gasteiger partial charge is 0.408 e. The number of rotatable bonds is 18. The lowest BCUT2D eigenvalue weighted by molar-refractivity contribution is 0.384. The van der Waals surface area contributed by atoms with Crippen LogP contribution in [-0.2, 0) is 10.8 Å². The van der Waals surface area contributed by atoms with E-state index in [1.165, 1.54) is 11.1 Å². The number of fused-ring (bicyclic) bond motifs is 4. The maximum atomic E-state index is 7.03. The average molecular weight is 991 g/mol. The van der Waals surface area contributed by atoms with Crippen molar-refractivity contribution in [3.63, 3.8) is 0 Å². The highest BCUT2D eigenvalue weighted by molar-refractivity contribution is 7.99. The van der Waals surface area contributed by atoms with Crippen LogP contribution >= 0.6 is 29.0 Å². The van der Waals surface area contributed by atoms with E-state index in [9.17, 15) is 0 Å². The molecule has 0 aromatic heterocycles. The molecule has 0 bridgehead atoms. The average Bonchev–Trinajstić information content (AvgIpc) is 3.39. The molecule has 0 heterocycles. The summed E-state index contributed by atoms with van der Waals surface area (Å²) in [6.45, 7) is 13.5. The van der Waals surface area contributed by atoms with E-state index in [4.69, 9.17) is 27.1 Å². The zero-order chi connectivity index (χ0) is 49.0. The van der Waals surface area contributed by atoms with Gasteiger partial charge in [0.25, 0.3) is 0 Å². The third-order valence-corrected chi connectivity index (χ3v) is 16.6. The van der Waals surface area contributed by atoms with Crippen LogP contribution in [0.3, 0.4) is 0 Å². The van der Waals surface area contributed by atoms with E-state index in [0.717, 1.165) is 65.7 Å². The second-order valence-corrected chi connectivity index (χ2v) is 22.0. The molecule has 0 radical (unpaired) electrons. The van der Waals surface area contributed by atoms with Crippen LogP contribution in [0, 0.1) is 0 Å². The molecule has 0 fully saturated rings. The fourth-order valence-corrected chi connectivity index (χ4v) is 11.4. The van der Waals surface area contributed by atoms with E-state index >= 15 is 0 Å². The quantitative estimate of drug-likeness (QED) is 0.0794. The molecule has 6 nitrogen and oxygen atoms in total. The summed E-state index contributed by atoms with van der Waals surface area (Å²) in [5.74, 6) is 3.81. The summed E-state index contributed by atoms with van der Waals surface area (Å²) in [7, 11) is -4.09. The number of hydrogen-bond donors (Lipinski definition) is 0. The predicted octanol–water partition coefficient (Wildman–Crippen LogP) is 19.4. The van der Waals surface area contributed by atoms with Crippen molar-refractivity contribution in [3.8, 4) is 34.5 Å². The maximum absolute atomic E-state index is 7.03. The molecule has 0 atom stereocenters. The van der Waals surface area contributed by atoms with Crippen LogP contribution < -0.4 is 27.1 Å². The largest absolute Gasteiger partial charge is 0.530 e. The monoisotopic (exact) mass is 990 g/mol. The molecule has 10 rings (SSSR count). The molecule has 10 aromatic rings. The molecule has 0 spiro atoms. The van der Waals surface area contributed by atoms with E-state index in [-0.39, 0.29) is 10.8 Å². The van der Waals surface area contributed by atoms with Crippen LogP contribution in [0.4, 0.5) is 0 Å². The van der Waals surface area contributed by atoms with Gasteiger partial charge in [-0.25, -0.2) is 0 Å². The molecule has 0 amide bonds. The lowest BCUT2D eigenvalue weighted by Crippen LogP contribution is -2.16. The summed E-state index contributed by atoms with van der Waals surface area (Å²) >= 11 is 1.59. The van der Waals surface area contributed by atoms with Gasteiger partial charge in [-0.15, -0.1) is 0 Å². The zero-order valence-electron chi connectivity index (χ0n) is 40.8. The SMILES string of the molecule is CCC(C)(C)c1ccc(OP(Oc2ccc3ccccc3c2)Oc2ccc3ccccc3c2)c(Sc2cc(C(C)(C)CC)ccc2OP(Oc2ccc3ccccc3c2)Oc2ccc3ccccc3c2)c1. The van der Waals surface area contributed by atoms with Gasteiger partial charge in [-0.1, -0.05) is 187 Å². The highest BCUT2D eigenvalue weighted by Gasteiger charge is 2.29. The molecule has 0 aliphatic heterocycles. The first-order valence-electron chi connectivity index (χ1n) is 24.1. The van der Waals surface area contributed by atoms with Crippen LogP contribution in [0.2, 0.25) is 0 Å². The first kappa shape index (κ1) is 47.9. The normalized spacial score (nSPS) is 11.9. The fraction of sp³-hybridized carbons (Fsp3) is 0.161. The highest BCUT2D eigenvalue weighted by Crippen LogP contribution is 2.52. The zero-order valence-corrected chi connectivity index (χ0v) is 43.4. The van der Waals surface area contributed by atoms with Gasteiger partial charge in [0.15, 0.2) is 0 Å². The molecule has 0 saturated carbocycles. The van der Waals surface area contributed by atoms with Crippen LogP contribution in [-0.4, -0.2) is 0 Å². The van der Waals surface area contributed by atoms with E-state index in [1.807, 2.05) is 97.1 Å². The van der Waals surface area contributed by atoms with Crippen molar-refractivity contribution >= 4 is 72.1 Å². The molecule has 0 N–H and O–H groups in total. The third-order valence-electron chi connectivity index (χ3n) is 13.4. The van der Waals surface area contributed by atoms with Gasteiger partial charge in [0, 0.05) is 0 Å². The van der Waals surface area contributed by atoms with Gasteiger partial charge >= 0.3 is 17.2 Å². The Kier molecular flexibility index (Phi) is 14.1. The summed E-state index contributed by atoms with van der Waals surface area (Å²) in [6, 6.07) is 70.1. The van der Waals surface area contributed by atoms with Crippen molar-refractivity contribution in [1.29, 1.82) is 0 Å². The Labute approximate surface area is 423 Å². The standard InChI is InChI=1S/C62H56O6P2S/c1-7-61(3,4)51-29-35-57(67-69(63-53-31-25-43-17-9-13-21-47(43)37-53)64-54-32-26-44-18-10-14-22-48(44)38-54)59(41-51)71-60-42-52(62(5,6)8-2)30-36-58(60)68-70(65-55-33-27-45-19-11-15-23-49(45)39-55)66-56-34-28-46-20-12-16-24-50(46)40-56/h9-42H,7-8H2,1-6H3. The number of hydrogen-bond acceptors (Lipinski definition) is 7. The Bertz CT molecular complexity index is 3110. The topological polar surface area (TPSA) is 55.4 Å². The summed E-state index contributed by atoms with van der Waals surface area (Å²) in [5, 5.41) is 8.72. The molecule has 10 aromatic carbocycles. The van der Waals surface area contributed by atoms with E-state index in [2.05, 4.69) is 151 Å². The second-order valence-electron chi connectivity index (χ2n) is 18.9. The van der Waals surface area contributed by atoms with Gasteiger partial charge in [0.2, 0.25) is 0 Å². The minimum absolute atomic E-state index is 0.122. The van der Waals surface area contributed by atoms with E-state index in [1.54, 1.807) is 11.8 Å². The third kappa shape index (κ3) is 11.2. The lowest BCUT2D eigenvalue weighted by atomic mass is 9.82. The van der Waals surface area contributed by atoms with Crippen molar-refractivity contribution < 1.29 is 27.1 Å². The Morgan fingerprint density at radius 2 is 0.606 bits per heavy atom. The van der Waals surface area contributed by atoms with Gasteiger partial charge < -0.3 is 27.1 Å². The van der Waals surface area contributed by atoms with Gasteiger partial charge in [-0.2, -0.15) is 0 Å². The van der Waals surface area contributed by atoms with Crippen molar-refractivity contribution in [3.05, 3.63) is 217 Å². The van der Waals surface area contributed by atoms with Crippen LogP contribution in [0.25, 0.3) is 43.1 Å². The summed E-state index contributed by atoms with van der Waals surface area (Å²) in [5.41, 5.74) is 2.12. The van der Waals surface area contributed by atoms with Gasteiger partial charge in [-0.3, -0.25) is 0 Å². The molecule has 0 aliphatic rings. The molecule has 0 unspecified atom stereocenters. The molecule has 0 aliphatic carbocycles. The van der Waals surface area contributed by atoms with Gasteiger partial charge in [0.1, 0.15) is 34.5 Å². The van der Waals surface area contributed by atoms with Crippen molar-refractivity contribution in [1.82, 2.24) is 0 Å². The maximum Gasteiger partial charge on any atom is 0.530 e. The first-order valence-corrected chi connectivity index (χ1v) is 27.1. The Morgan fingerprint density at radius 3 is 0.887 bits per heavy atom. The Hall–Kier alpha value is -6.75. The fourth-order valence-electron chi connectivity index (χ4n) is 8.21. The van der Waals surface area contributed by atoms with E-state index < -0.39 is 17.2 Å². The van der Waals surface area contributed by atoms with Gasteiger partial charge in [-0.05, 0) is 151 Å². The number of benzene rings is 10. The molecule has 9 heteroatoms. The second kappa shape index (κ2) is 20.9. The predicted molar refractivity (Wildman–Crippen MR) is 297 cm³/mol. The lowest BCUT2D eigenvalue weighted by Gasteiger charge is -2.27. The Morgan fingerprint density at radius 1 is 0.324 bits per heavy atom. The van der Waals surface area contributed by atoms with Crippen LogP contribution in [0.15, 0.2) is 216 Å². The molecular formula is C62H56O6P2S. The van der Waals surface area contributed by atoms with Crippen molar-refractivity contribution in [2.24, 2.45) is 0 Å². The molecule has 356 valence electrons. The summed E-state index contributed by atoms with van der Waals surface area (Å²) in [6.07, 6.45) is 1.88. The van der Waals surface area contributed by atoms with Crippen LogP contribution in [0.1, 0.15) is 65.5 Å². The minimum Gasteiger partial charge on any atom is -0.408 e. The van der Waals surface area contributed by atoms with Crippen molar-refractivity contribution in [2.75, 3.05) is 0 Å².